The van der Waals surface area contributed by atoms with Gasteiger partial charge in [-0.2, -0.15) is 4.31 Å². The highest BCUT2D eigenvalue weighted by atomic mass is 32.2. The van der Waals surface area contributed by atoms with Gasteiger partial charge < -0.3 is 19.3 Å². The van der Waals surface area contributed by atoms with Crippen LogP contribution in [-0.4, -0.2) is 86.7 Å². The minimum absolute atomic E-state index is 0.0430. The first-order valence-corrected chi connectivity index (χ1v) is 14.3. The summed E-state index contributed by atoms with van der Waals surface area (Å²) in [5.74, 6) is -0.115. The van der Waals surface area contributed by atoms with Gasteiger partial charge in [0.05, 0.1) is 24.5 Å². The van der Waals surface area contributed by atoms with E-state index in [-0.39, 0.29) is 34.5 Å². The smallest absolute Gasteiger partial charge is 0.245 e. The zero-order chi connectivity index (χ0) is 25.5. The summed E-state index contributed by atoms with van der Waals surface area (Å²) >= 11 is 0. The third-order valence-corrected chi connectivity index (χ3v) is 9.66. The lowest BCUT2D eigenvalue weighted by Crippen LogP contribution is -2.53. The Morgan fingerprint density at radius 1 is 1.14 bits per heavy atom. The number of amides is 1. The maximum absolute atomic E-state index is 14.1. The molecule has 3 aliphatic rings. The van der Waals surface area contributed by atoms with E-state index in [0.29, 0.717) is 44.9 Å². The topological polar surface area (TPSA) is 79.4 Å². The number of sulfonamides is 1. The molecular formula is C26H41N3O5S. The summed E-state index contributed by atoms with van der Waals surface area (Å²) in [6, 6.07) is 4.97. The molecule has 9 heteroatoms. The number of morpholine rings is 1. The number of ether oxygens (including phenoxy) is 2. The molecule has 0 aromatic heterocycles. The van der Waals surface area contributed by atoms with E-state index in [0.717, 1.165) is 18.4 Å². The van der Waals surface area contributed by atoms with Crippen LogP contribution in [0.25, 0.3) is 0 Å². The number of hydrogen-bond donors (Lipinski definition) is 0. The van der Waals surface area contributed by atoms with E-state index >= 15 is 0 Å². The first-order chi connectivity index (χ1) is 16.4. The lowest BCUT2D eigenvalue weighted by molar-refractivity contribution is -0.141. The minimum atomic E-state index is -3.88. The molecule has 0 saturated carbocycles. The number of hydrogen-bond acceptors (Lipinski definition) is 6. The number of anilines is 1. The average Bonchev–Trinajstić information content (AvgIpc) is 3.28. The number of rotatable bonds is 5. The van der Waals surface area contributed by atoms with Gasteiger partial charge >= 0.3 is 0 Å². The Morgan fingerprint density at radius 2 is 1.83 bits per heavy atom. The molecule has 3 aliphatic heterocycles. The van der Waals surface area contributed by atoms with Crippen LogP contribution >= 0.6 is 0 Å². The van der Waals surface area contributed by atoms with Crippen molar-refractivity contribution in [2.75, 3.05) is 38.3 Å². The van der Waals surface area contributed by atoms with Gasteiger partial charge in [0.15, 0.2) is 0 Å². The SMILES string of the molecule is Cc1ccc(S(=O)(=O)N2CCC[C@H]2C(=O)N(C)C2CCOC(C)(C)C2)c(N2[C@@H](C)COC[C@@H]2C)c1. The normalized spacial score (nSPS) is 29.8. The van der Waals surface area contributed by atoms with Crippen molar-refractivity contribution in [3.63, 3.8) is 0 Å². The Morgan fingerprint density at radius 3 is 2.49 bits per heavy atom. The van der Waals surface area contributed by atoms with Crippen molar-refractivity contribution in [3.05, 3.63) is 23.8 Å². The van der Waals surface area contributed by atoms with Crippen LogP contribution in [0.1, 0.15) is 58.9 Å². The molecule has 4 rings (SSSR count). The van der Waals surface area contributed by atoms with E-state index in [4.69, 9.17) is 9.47 Å². The average molecular weight is 508 g/mol. The molecule has 1 aromatic carbocycles. The monoisotopic (exact) mass is 507 g/mol. The van der Waals surface area contributed by atoms with Gasteiger partial charge in [-0.05, 0) is 78.0 Å². The van der Waals surface area contributed by atoms with E-state index in [1.54, 1.807) is 11.0 Å². The summed E-state index contributed by atoms with van der Waals surface area (Å²) in [6.07, 6.45) is 2.72. The van der Waals surface area contributed by atoms with Gasteiger partial charge in [-0.15, -0.1) is 0 Å². The fourth-order valence-corrected chi connectivity index (χ4v) is 7.69. The predicted molar refractivity (Wildman–Crippen MR) is 136 cm³/mol. The fourth-order valence-electron chi connectivity index (χ4n) is 5.87. The Labute approximate surface area is 210 Å². The summed E-state index contributed by atoms with van der Waals surface area (Å²) in [5, 5.41) is 0. The number of carbonyl (C=O) groups is 1. The molecule has 8 nitrogen and oxygen atoms in total. The largest absolute Gasteiger partial charge is 0.377 e. The van der Waals surface area contributed by atoms with Crippen molar-refractivity contribution in [2.24, 2.45) is 0 Å². The Bertz CT molecular complexity index is 1030. The van der Waals surface area contributed by atoms with Crippen LogP contribution in [0.2, 0.25) is 0 Å². The third kappa shape index (κ3) is 5.24. The van der Waals surface area contributed by atoms with E-state index < -0.39 is 16.1 Å². The quantitative estimate of drug-likeness (QED) is 0.609. The second kappa shape index (κ2) is 10.00. The molecule has 0 aliphatic carbocycles. The molecule has 0 bridgehead atoms. The first-order valence-electron chi connectivity index (χ1n) is 12.8. The Hall–Kier alpha value is -1.68. The zero-order valence-electron chi connectivity index (χ0n) is 22.0. The summed E-state index contributed by atoms with van der Waals surface area (Å²) < 4.78 is 41.2. The number of carbonyl (C=O) groups excluding carboxylic acids is 1. The predicted octanol–water partition coefficient (Wildman–Crippen LogP) is 3.18. The maximum atomic E-state index is 14.1. The van der Waals surface area contributed by atoms with Gasteiger partial charge in [0.1, 0.15) is 10.9 Å². The van der Waals surface area contributed by atoms with Crippen LogP contribution in [0.5, 0.6) is 0 Å². The maximum Gasteiger partial charge on any atom is 0.245 e. The minimum Gasteiger partial charge on any atom is -0.377 e. The van der Waals surface area contributed by atoms with Gasteiger partial charge in [0.25, 0.3) is 0 Å². The van der Waals surface area contributed by atoms with Gasteiger partial charge in [0.2, 0.25) is 15.9 Å². The molecule has 4 atom stereocenters. The van der Waals surface area contributed by atoms with E-state index in [9.17, 15) is 13.2 Å². The molecule has 0 spiro atoms. The molecule has 196 valence electrons. The molecule has 1 unspecified atom stereocenters. The number of aryl methyl sites for hydroxylation is 1. The van der Waals surface area contributed by atoms with Crippen LogP contribution in [0, 0.1) is 6.92 Å². The molecule has 35 heavy (non-hydrogen) atoms. The van der Waals surface area contributed by atoms with Gasteiger partial charge in [0, 0.05) is 38.3 Å². The standard InChI is InChI=1S/C26H41N3O5S/c1-18-9-10-24(23(14-18)29-19(2)16-33-17-20(29)3)35(31,32)28-12-7-8-22(28)25(30)27(6)21-11-13-34-26(4,5)15-21/h9-10,14,19-22H,7-8,11-13,15-17H2,1-6H3/t19-,20-,21?,22-/m0/s1. The van der Waals surface area contributed by atoms with Crippen LogP contribution in [0.15, 0.2) is 23.1 Å². The zero-order valence-corrected chi connectivity index (χ0v) is 22.8. The molecule has 3 fully saturated rings. The third-order valence-electron chi connectivity index (χ3n) is 7.70. The van der Waals surface area contributed by atoms with Gasteiger partial charge in [-0.1, -0.05) is 6.07 Å². The van der Waals surface area contributed by atoms with Gasteiger partial charge in [-0.25, -0.2) is 8.42 Å². The fraction of sp³-hybridized carbons (Fsp3) is 0.731. The van der Waals surface area contributed by atoms with Crippen molar-refractivity contribution in [3.8, 4) is 0 Å². The number of benzene rings is 1. The second-order valence-corrected chi connectivity index (χ2v) is 13.0. The molecule has 0 radical (unpaired) electrons. The summed E-state index contributed by atoms with van der Waals surface area (Å²) in [6.45, 7) is 12.2. The molecule has 0 N–H and O–H groups in total. The molecule has 1 amide bonds. The Balaban J connectivity index is 1.64. The Kier molecular flexibility index (Phi) is 7.53. The molecular weight excluding hydrogens is 466 g/mol. The highest BCUT2D eigenvalue weighted by Crippen LogP contribution is 2.36. The highest BCUT2D eigenvalue weighted by molar-refractivity contribution is 7.89. The van der Waals surface area contributed by atoms with Crippen molar-refractivity contribution in [2.45, 2.75) is 95.0 Å². The van der Waals surface area contributed by atoms with Gasteiger partial charge in [-0.3, -0.25) is 4.79 Å². The second-order valence-electron chi connectivity index (χ2n) is 11.1. The van der Waals surface area contributed by atoms with Crippen LogP contribution < -0.4 is 4.90 Å². The van der Waals surface area contributed by atoms with Crippen molar-refractivity contribution >= 4 is 21.6 Å². The lowest BCUT2D eigenvalue weighted by Gasteiger charge is -2.42. The molecule has 3 heterocycles. The number of nitrogens with zero attached hydrogens (tertiary/aromatic N) is 3. The molecule has 3 saturated heterocycles. The number of likely N-dealkylation sites (N-methyl/N-ethyl adjacent to an activating group) is 1. The van der Waals surface area contributed by atoms with E-state index in [1.807, 2.05) is 40.0 Å². The highest BCUT2D eigenvalue weighted by Gasteiger charge is 2.44. The van der Waals surface area contributed by atoms with Crippen LogP contribution in [0.3, 0.4) is 0 Å². The lowest BCUT2D eigenvalue weighted by atomic mass is 9.92. The van der Waals surface area contributed by atoms with Crippen LogP contribution in [0.4, 0.5) is 5.69 Å². The van der Waals surface area contributed by atoms with Crippen molar-refractivity contribution < 1.29 is 22.7 Å². The van der Waals surface area contributed by atoms with E-state index in [1.165, 1.54) is 4.31 Å². The van der Waals surface area contributed by atoms with E-state index in [2.05, 4.69) is 18.7 Å². The van der Waals surface area contributed by atoms with Crippen molar-refractivity contribution in [1.82, 2.24) is 9.21 Å². The summed E-state index contributed by atoms with van der Waals surface area (Å²) in [4.78, 5) is 17.8. The summed E-state index contributed by atoms with van der Waals surface area (Å²) in [7, 11) is -2.07. The van der Waals surface area contributed by atoms with Crippen LogP contribution in [-0.2, 0) is 24.3 Å². The first kappa shape index (κ1) is 26.4. The molecule has 1 aromatic rings. The summed E-state index contributed by atoms with van der Waals surface area (Å²) in [5.41, 5.74) is 1.41. The van der Waals surface area contributed by atoms with Crippen molar-refractivity contribution in [1.29, 1.82) is 0 Å².